The van der Waals surface area contributed by atoms with E-state index in [9.17, 15) is 4.91 Å². The second-order valence-corrected chi connectivity index (χ2v) is 3.11. The van der Waals surface area contributed by atoms with Crippen molar-refractivity contribution in [2.45, 2.75) is 6.10 Å². The maximum absolute atomic E-state index is 10.6. The third kappa shape index (κ3) is 1.42. The van der Waals surface area contributed by atoms with Crippen molar-refractivity contribution < 1.29 is 4.74 Å². The highest BCUT2D eigenvalue weighted by Gasteiger charge is 2.24. The van der Waals surface area contributed by atoms with Gasteiger partial charge in [0.2, 0.25) is 0 Å². The largest absolute Gasteiger partial charge is 0.485 e. The first-order chi connectivity index (χ1) is 6.85. The van der Waals surface area contributed by atoms with Crippen molar-refractivity contribution >= 4 is 5.69 Å². The number of nitrogens with zero attached hydrogens (tertiary/aromatic N) is 2. The summed E-state index contributed by atoms with van der Waals surface area (Å²) in [5.41, 5.74) is 6.18. The van der Waals surface area contributed by atoms with Crippen LogP contribution in [0.1, 0.15) is 0 Å². The lowest BCUT2D eigenvalue weighted by molar-refractivity contribution is 0.201. The Morgan fingerprint density at radius 2 is 2.36 bits per heavy atom. The van der Waals surface area contributed by atoms with Crippen molar-refractivity contribution in [3.05, 3.63) is 29.2 Å². The molecule has 14 heavy (non-hydrogen) atoms. The van der Waals surface area contributed by atoms with Crippen LogP contribution < -0.4 is 15.5 Å². The summed E-state index contributed by atoms with van der Waals surface area (Å²) in [4.78, 5) is 10.6. The number of para-hydroxylation sites is 2. The van der Waals surface area contributed by atoms with E-state index < -0.39 is 0 Å². The summed E-state index contributed by atoms with van der Waals surface area (Å²) in [6.07, 6.45) is -0.164. The molecule has 5 heteroatoms. The van der Waals surface area contributed by atoms with Gasteiger partial charge in [0.05, 0.1) is 11.8 Å². The summed E-state index contributed by atoms with van der Waals surface area (Å²) in [5, 5.41) is 4.31. The molecule has 1 aromatic rings. The number of nitroso groups, excluding NO2 is 1. The zero-order valence-corrected chi connectivity index (χ0v) is 7.59. The van der Waals surface area contributed by atoms with E-state index >= 15 is 0 Å². The standard InChI is InChI=1S/C9H11N3O2/c10-5-7-6-12(11-13)8-3-1-2-4-9(8)14-7/h1-4,7H,5-6,10H2. The van der Waals surface area contributed by atoms with Gasteiger partial charge in [0, 0.05) is 6.54 Å². The van der Waals surface area contributed by atoms with Crippen LogP contribution >= 0.6 is 0 Å². The molecule has 1 aliphatic heterocycles. The highest BCUT2D eigenvalue weighted by Crippen LogP contribution is 2.32. The predicted octanol–water partition coefficient (Wildman–Crippen LogP) is 0.894. The number of hydrogen-bond donors (Lipinski definition) is 1. The van der Waals surface area contributed by atoms with Crippen molar-refractivity contribution in [3.63, 3.8) is 0 Å². The molecule has 0 bridgehead atoms. The van der Waals surface area contributed by atoms with Gasteiger partial charge in [0.15, 0.2) is 0 Å². The molecule has 0 fully saturated rings. The van der Waals surface area contributed by atoms with Gasteiger partial charge in [0.1, 0.15) is 17.5 Å². The Morgan fingerprint density at radius 1 is 1.57 bits per heavy atom. The third-order valence-electron chi connectivity index (χ3n) is 2.17. The van der Waals surface area contributed by atoms with Crippen LogP contribution in [0.5, 0.6) is 5.75 Å². The van der Waals surface area contributed by atoms with Crippen LogP contribution in [0, 0.1) is 4.91 Å². The first kappa shape index (κ1) is 8.96. The van der Waals surface area contributed by atoms with Gasteiger partial charge in [-0.25, -0.2) is 5.01 Å². The first-order valence-electron chi connectivity index (χ1n) is 4.41. The van der Waals surface area contributed by atoms with Crippen LogP contribution in [0.15, 0.2) is 29.6 Å². The number of hydrogen-bond acceptors (Lipinski definition) is 4. The van der Waals surface area contributed by atoms with Gasteiger partial charge in [-0.05, 0) is 12.1 Å². The molecule has 1 aromatic carbocycles. The molecule has 1 unspecified atom stereocenters. The number of rotatable bonds is 2. The molecule has 0 spiro atoms. The Morgan fingerprint density at radius 3 is 3.07 bits per heavy atom. The Hall–Kier alpha value is -1.62. The molecular weight excluding hydrogens is 182 g/mol. The predicted molar refractivity (Wildman–Crippen MR) is 53.1 cm³/mol. The number of benzene rings is 1. The molecule has 5 nitrogen and oxygen atoms in total. The van der Waals surface area contributed by atoms with Crippen LogP contribution in [0.25, 0.3) is 0 Å². The van der Waals surface area contributed by atoms with Crippen LogP contribution in [0.4, 0.5) is 5.69 Å². The van der Waals surface area contributed by atoms with E-state index in [0.717, 1.165) is 0 Å². The second-order valence-electron chi connectivity index (χ2n) is 3.11. The smallest absolute Gasteiger partial charge is 0.145 e. The monoisotopic (exact) mass is 193 g/mol. The van der Waals surface area contributed by atoms with Gasteiger partial charge in [-0.2, -0.15) is 0 Å². The van der Waals surface area contributed by atoms with Gasteiger partial charge in [0.25, 0.3) is 0 Å². The van der Waals surface area contributed by atoms with Crippen LogP contribution in [0.2, 0.25) is 0 Å². The lowest BCUT2D eigenvalue weighted by Gasteiger charge is -2.30. The summed E-state index contributed by atoms with van der Waals surface area (Å²) >= 11 is 0. The maximum atomic E-state index is 10.6. The fraction of sp³-hybridized carbons (Fsp3) is 0.333. The Balaban J connectivity index is 2.35. The SMILES string of the molecule is NCC1CN(N=O)c2ccccc2O1. The van der Waals surface area contributed by atoms with E-state index in [1.54, 1.807) is 12.1 Å². The zero-order chi connectivity index (χ0) is 9.97. The van der Waals surface area contributed by atoms with E-state index in [0.29, 0.717) is 24.5 Å². The Bertz CT molecular complexity index is 343. The van der Waals surface area contributed by atoms with E-state index in [4.69, 9.17) is 10.5 Å². The second kappa shape index (κ2) is 3.63. The number of ether oxygens (including phenoxy) is 1. The van der Waals surface area contributed by atoms with Gasteiger partial charge in [-0.3, -0.25) is 0 Å². The van der Waals surface area contributed by atoms with E-state index in [-0.39, 0.29) is 6.10 Å². The van der Waals surface area contributed by atoms with Crippen molar-refractivity contribution in [1.29, 1.82) is 0 Å². The van der Waals surface area contributed by atoms with E-state index in [1.165, 1.54) is 5.01 Å². The molecule has 0 radical (unpaired) electrons. The van der Waals surface area contributed by atoms with Crippen LogP contribution in [-0.2, 0) is 0 Å². The average Bonchev–Trinajstić information content (AvgIpc) is 2.27. The van der Waals surface area contributed by atoms with Crippen molar-refractivity contribution in [1.82, 2.24) is 0 Å². The van der Waals surface area contributed by atoms with Crippen LogP contribution in [-0.4, -0.2) is 19.2 Å². The maximum Gasteiger partial charge on any atom is 0.145 e. The lowest BCUT2D eigenvalue weighted by atomic mass is 10.2. The highest BCUT2D eigenvalue weighted by atomic mass is 16.5. The van der Waals surface area contributed by atoms with Crippen molar-refractivity contribution in [2.75, 3.05) is 18.1 Å². The lowest BCUT2D eigenvalue weighted by Crippen LogP contribution is -2.41. The van der Waals surface area contributed by atoms with Crippen LogP contribution in [0.3, 0.4) is 0 Å². The van der Waals surface area contributed by atoms with Crippen molar-refractivity contribution in [2.24, 2.45) is 11.0 Å². The summed E-state index contributed by atoms with van der Waals surface area (Å²) < 4.78 is 5.55. The summed E-state index contributed by atoms with van der Waals surface area (Å²) in [6, 6.07) is 7.28. The first-order valence-corrected chi connectivity index (χ1v) is 4.41. The molecule has 0 saturated heterocycles. The minimum Gasteiger partial charge on any atom is -0.485 e. The van der Waals surface area contributed by atoms with E-state index in [1.807, 2.05) is 12.1 Å². The molecule has 1 aliphatic rings. The summed E-state index contributed by atoms with van der Waals surface area (Å²) in [6.45, 7) is 0.789. The number of anilines is 1. The summed E-state index contributed by atoms with van der Waals surface area (Å²) in [5.74, 6) is 0.661. The highest BCUT2D eigenvalue weighted by molar-refractivity contribution is 5.59. The van der Waals surface area contributed by atoms with Crippen molar-refractivity contribution in [3.8, 4) is 5.75 Å². The summed E-state index contributed by atoms with van der Waals surface area (Å²) in [7, 11) is 0. The minimum atomic E-state index is -0.164. The topological polar surface area (TPSA) is 67.9 Å². The average molecular weight is 193 g/mol. The number of nitrogens with two attached hydrogens (primary N) is 1. The van der Waals surface area contributed by atoms with E-state index in [2.05, 4.69) is 5.29 Å². The molecule has 1 heterocycles. The quantitative estimate of drug-likeness (QED) is 0.708. The van der Waals surface area contributed by atoms with Gasteiger partial charge in [-0.15, -0.1) is 4.91 Å². The molecule has 0 amide bonds. The third-order valence-corrected chi connectivity index (χ3v) is 2.17. The normalized spacial score (nSPS) is 19.8. The fourth-order valence-electron chi connectivity index (χ4n) is 1.48. The Labute approximate surface area is 81.4 Å². The zero-order valence-electron chi connectivity index (χ0n) is 7.59. The Kier molecular flexibility index (Phi) is 2.32. The molecular formula is C9H11N3O2. The van der Waals surface area contributed by atoms with Gasteiger partial charge in [-0.1, -0.05) is 12.1 Å². The molecule has 0 saturated carbocycles. The fourth-order valence-corrected chi connectivity index (χ4v) is 1.48. The van der Waals surface area contributed by atoms with Gasteiger partial charge >= 0.3 is 0 Å². The molecule has 2 rings (SSSR count). The number of fused-ring (bicyclic) bond motifs is 1. The molecule has 0 aromatic heterocycles. The molecule has 0 aliphatic carbocycles. The molecule has 2 N–H and O–H groups in total. The molecule has 74 valence electrons. The minimum absolute atomic E-state index is 0.164. The van der Waals surface area contributed by atoms with Gasteiger partial charge < -0.3 is 10.5 Å². The molecule has 1 atom stereocenters.